The molecule has 0 saturated heterocycles. The van der Waals surface area contributed by atoms with Gasteiger partial charge in [0.2, 0.25) is 0 Å². The lowest BCUT2D eigenvalue weighted by molar-refractivity contribution is -0.0901. The molecule has 3 rings (SSSR count). The fourth-order valence-electron chi connectivity index (χ4n) is 2.82. The van der Waals surface area contributed by atoms with E-state index in [4.69, 9.17) is 23.2 Å². The number of carbonyl (C=O) groups is 1. The summed E-state index contributed by atoms with van der Waals surface area (Å²) in [6, 6.07) is 10.2. The highest BCUT2D eigenvalue weighted by Gasteiger charge is 2.34. The second-order valence-electron chi connectivity index (χ2n) is 7.01. The van der Waals surface area contributed by atoms with Crippen molar-refractivity contribution in [1.29, 1.82) is 0 Å². The number of allylic oxidation sites excluding steroid dienone is 2. The smallest absolute Gasteiger partial charge is 0.350 e. The molecular formula is C23H19Cl2F3N6O. The lowest BCUT2D eigenvalue weighted by atomic mass is 10.1. The highest BCUT2D eigenvalue weighted by Crippen LogP contribution is 2.28. The van der Waals surface area contributed by atoms with Gasteiger partial charge in [-0.15, -0.1) is 0 Å². The molecule has 182 valence electrons. The van der Waals surface area contributed by atoms with E-state index in [0.29, 0.717) is 21.2 Å². The van der Waals surface area contributed by atoms with E-state index in [1.165, 1.54) is 31.6 Å². The third kappa shape index (κ3) is 7.69. The van der Waals surface area contributed by atoms with Crippen LogP contribution in [0.2, 0.25) is 10.0 Å². The van der Waals surface area contributed by atoms with Gasteiger partial charge in [0, 0.05) is 41.6 Å². The van der Waals surface area contributed by atoms with Crippen LogP contribution >= 0.6 is 23.2 Å². The number of nitrogens with one attached hydrogen (secondary N) is 3. The van der Waals surface area contributed by atoms with Crippen molar-refractivity contribution in [2.24, 2.45) is 4.99 Å². The zero-order valence-electron chi connectivity index (χ0n) is 18.2. The summed E-state index contributed by atoms with van der Waals surface area (Å²) in [5.74, 6) is 0.138. The molecule has 35 heavy (non-hydrogen) atoms. The minimum atomic E-state index is -4.68. The summed E-state index contributed by atoms with van der Waals surface area (Å²) >= 11 is 11.9. The van der Waals surface area contributed by atoms with Gasteiger partial charge in [0.05, 0.1) is 17.6 Å². The Hall–Kier alpha value is -3.63. The Labute approximate surface area is 209 Å². The molecule has 0 aliphatic rings. The van der Waals surface area contributed by atoms with Crippen molar-refractivity contribution in [3.05, 3.63) is 94.0 Å². The van der Waals surface area contributed by atoms with Gasteiger partial charge in [0.25, 0.3) is 0 Å². The predicted molar refractivity (Wildman–Crippen MR) is 131 cm³/mol. The molecule has 2 amide bonds. The Morgan fingerprint density at radius 3 is 2.51 bits per heavy atom. The third-order valence-electron chi connectivity index (χ3n) is 4.52. The molecule has 0 saturated carbocycles. The normalized spacial score (nSPS) is 12.3. The summed E-state index contributed by atoms with van der Waals surface area (Å²) < 4.78 is 40.9. The van der Waals surface area contributed by atoms with Crippen molar-refractivity contribution < 1.29 is 18.0 Å². The van der Waals surface area contributed by atoms with E-state index in [1.807, 2.05) is 0 Å². The lowest BCUT2D eigenvalue weighted by Crippen LogP contribution is -2.28. The standard InChI is InChI=1S/C23H19Cl2F3N6O/c1-29-19(15-3-2-8-30-11-15)10-20(23(26,27)28)33-17-6-7-21(31-13-17)34-22(35)32-12-14-4-5-16(24)9-18(14)25/h2-11,13,33H,12H2,1H3,(H2,31,32,34,35)/b20-10-,29-19+. The number of hydrogen-bond donors (Lipinski definition) is 3. The van der Waals surface area contributed by atoms with Gasteiger partial charge in [-0.2, -0.15) is 13.2 Å². The molecule has 0 radical (unpaired) electrons. The molecule has 2 heterocycles. The zero-order chi connectivity index (χ0) is 25.4. The van der Waals surface area contributed by atoms with Gasteiger partial charge in [-0.05, 0) is 48.0 Å². The number of halogens is 5. The minimum Gasteiger partial charge on any atom is -0.350 e. The average molecular weight is 523 g/mol. The Morgan fingerprint density at radius 2 is 1.91 bits per heavy atom. The number of hydrogen-bond acceptors (Lipinski definition) is 5. The predicted octanol–water partition coefficient (Wildman–Crippen LogP) is 6.08. The molecule has 0 aliphatic carbocycles. The topological polar surface area (TPSA) is 91.3 Å². The highest BCUT2D eigenvalue weighted by molar-refractivity contribution is 6.35. The monoisotopic (exact) mass is 522 g/mol. The van der Waals surface area contributed by atoms with Gasteiger partial charge in [-0.3, -0.25) is 15.3 Å². The number of benzene rings is 1. The number of amides is 2. The van der Waals surface area contributed by atoms with Crippen LogP contribution < -0.4 is 16.0 Å². The summed E-state index contributed by atoms with van der Waals surface area (Å²) in [5.41, 5.74) is 0.214. The SMILES string of the molecule is C/N=C(\C=C(/Nc1ccc(NC(=O)NCc2ccc(Cl)cc2Cl)nc1)C(F)(F)F)c1cccnc1. The molecule has 7 nitrogen and oxygen atoms in total. The summed E-state index contributed by atoms with van der Waals surface area (Å²) in [6.07, 6.45) is 0.299. The van der Waals surface area contributed by atoms with Crippen molar-refractivity contribution in [3.8, 4) is 0 Å². The van der Waals surface area contributed by atoms with Gasteiger partial charge >= 0.3 is 12.2 Å². The molecule has 0 aliphatic heterocycles. The maximum Gasteiger partial charge on any atom is 0.431 e. The van der Waals surface area contributed by atoms with Crippen molar-refractivity contribution in [2.75, 3.05) is 17.7 Å². The van der Waals surface area contributed by atoms with Crippen LogP contribution in [0.5, 0.6) is 0 Å². The maximum absolute atomic E-state index is 13.6. The second kappa shape index (κ2) is 11.7. The molecule has 12 heteroatoms. The van der Waals surface area contributed by atoms with Gasteiger partial charge in [0.1, 0.15) is 11.5 Å². The first-order valence-electron chi connectivity index (χ1n) is 10.0. The summed E-state index contributed by atoms with van der Waals surface area (Å²) in [4.78, 5) is 23.9. The number of urea groups is 1. The summed E-state index contributed by atoms with van der Waals surface area (Å²) in [6.45, 7) is 0.138. The van der Waals surface area contributed by atoms with Crippen LogP contribution in [0.4, 0.5) is 29.5 Å². The number of alkyl halides is 3. The van der Waals surface area contributed by atoms with Gasteiger partial charge in [-0.25, -0.2) is 9.78 Å². The Bertz CT molecular complexity index is 1230. The van der Waals surface area contributed by atoms with E-state index in [9.17, 15) is 18.0 Å². The van der Waals surface area contributed by atoms with Crippen molar-refractivity contribution in [3.63, 3.8) is 0 Å². The Balaban J connectivity index is 1.65. The molecule has 0 fully saturated rings. The summed E-state index contributed by atoms with van der Waals surface area (Å²) in [7, 11) is 1.39. The van der Waals surface area contributed by atoms with Crippen LogP contribution in [0.3, 0.4) is 0 Å². The van der Waals surface area contributed by atoms with Crippen molar-refractivity contribution >= 4 is 46.4 Å². The largest absolute Gasteiger partial charge is 0.431 e. The van der Waals surface area contributed by atoms with Gasteiger partial charge in [-0.1, -0.05) is 29.3 Å². The highest BCUT2D eigenvalue weighted by atomic mass is 35.5. The first-order valence-corrected chi connectivity index (χ1v) is 10.8. The quantitative estimate of drug-likeness (QED) is 0.328. The Morgan fingerprint density at radius 1 is 1.11 bits per heavy atom. The van der Waals surface area contributed by atoms with Gasteiger partial charge in [0.15, 0.2) is 0 Å². The van der Waals surface area contributed by atoms with E-state index in [2.05, 4.69) is 30.9 Å². The number of anilines is 2. The van der Waals surface area contributed by atoms with Crippen molar-refractivity contribution in [2.45, 2.75) is 12.7 Å². The zero-order valence-corrected chi connectivity index (χ0v) is 19.7. The van der Waals surface area contributed by atoms with Crippen LogP contribution in [0.15, 0.2) is 77.8 Å². The van der Waals surface area contributed by atoms with Crippen LogP contribution in [0.1, 0.15) is 11.1 Å². The average Bonchev–Trinajstić information content (AvgIpc) is 2.82. The van der Waals surface area contributed by atoms with Crippen LogP contribution in [0, 0.1) is 0 Å². The number of nitrogens with zero attached hydrogens (tertiary/aromatic N) is 3. The number of aliphatic imine (C=N–C) groups is 1. The van der Waals surface area contributed by atoms with Crippen molar-refractivity contribution in [1.82, 2.24) is 15.3 Å². The van der Waals surface area contributed by atoms with E-state index < -0.39 is 17.9 Å². The number of aromatic nitrogens is 2. The Kier molecular flexibility index (Phi) is 8.67. The molecule has 3 aromatic rings. The minimum absolute atomic E-state index is 0.0640. The summed E-state index contributed by atoms with van der Waals surface area (Å²) in [5, 5.41) is 8.29. The molecular weight excluding hydrogens is 504 g/mol. The lowest BCUT2D eigenvalue weighted by Gasteiger charge is -2.15. The second-order valence-corrected chi connectivity index (χ2v) is 7.85. The molecule has 3 N–H and O–H groups in total. The molecule has 0 bridgehead atoms. The van der Waals surface area contributed by atoms with Gasteiger partial charge < -0.3 is 10.6 Å². The maximum atomic E-state index is 13.6. The van der Waals surface area contributed by atoms with E-state index in [1.54, 1.807) is 30.3 Å². The molecule has 0 spiro atoms. The third-order valence-corrected chi connectivity index (χ3v) is 5.11. The number of rotatable bonds is 7. The first-order chi connectivity index (χ1) is 16.7. The number of carbonyl (C=O) groups excluding carboxylic acids is 1. The van der Waals surface area contributed by atoms with E-state index >= 15 is 0 Å². The molecule has 0 unspecified atom stereocenters. The fraction of sp³-hybridized carbons (Fsp3) is 0.130. The van der Waals surface area contributed by atoms with Crippen LogP contribution in [-0.4, -0.2) is 34.9 Å². The molecule has 2 aromatic heterocycles. The van der Waals surface area contributed by atoms with E-state index in [0.717, 1.165) is 12.3 Å². The number of pyridine rings is 2. The fourth-order valence-corrected chi connectivity index (χ4v) is 3.29. The first kappa shape index (κ1) is 26.0. The molecule has 1 aromatic carbocycles. The molecule has 0 atom stereocenters. The van der Waals surface area contributed by atoms with Crippen LogP contribution in [0.25, 0.3) is 0 Å². The van der Waals surface area contributed by atoms with Crippen LogP contribution in [-0.2, 0) is 6.54 Å². The van der Waals surface area contributed by atoms with E-state index in [-0.39, 0.29) is 23.8 Å².